The average Bonchev–Trinajstić information content (AvgIpc) is 3.10. The zero-order chi connectivity index (χ0) is 19.6. The fraction of sp³-hybridized carbons (Fsp3) is 0.250. The maximum Gasteiger partial charge on any atom is 0.288 e. The Bertz CT molecular complexity index is 950. The molecule has 0 radical (unpaired) electrons. The highest BCUT2D eigenvalue weighted by Crippen LogP contribution is 2.32. The van der Waals surface area contributed by atoms with Crippen LogP contribution >= 0.6 is 15.9 Å². The average molecular weight is 444 g/mol. The molecule has 2 aromatic rings. The number of benzene rings is 1. The summed E-state index contributed by atoms with van der Waals surface area (Å²) < 4.78 is 30.4. The molecule has 1 aliphatic rings. The van der Waals surface area contributed by atoms with Crippen molar-refractivity contribution in [2.24, 2.45) is 12.0 Å². The molecule has 8 nitrogen and oxygen atoms in total. The predicted molar refractivity (Wildman–Crippen MR) is 100.0 cm³/mol. The number of pyridine rings is 1. The summed E-state index contributed by atoms with van der Waals surface area (Å²) in [4.78, 5) is 21.5. The Morgan fingerprint density at radius 1 is 1.44 bits per heavy atom. The van der Waals surface area contributed by atoms with Crippen molar-refractivity contribution >= 4 is 38.9 Å². The van der Waals surface area contributed by atoms with E-state index in [2.05, 4.69) is 31.7 Å². The molecule has 0 spiro atoms. The van der Waals surface area contributed by atoms with Gasteiger partial charge in [0, 0.05) is 17.7 Å². The molecule has 1 aliphatic heterocycles. The second-order valence-electron chi connectivity index (χ2n) is 5.59. The van der Waals surface area contributed by atoms with Gasteiger partial charge in [-0.2, -0.15) is 9.82 Å². The maximum absolute atomic E-state index is 14.7. The topological polar surface area (TPSA) is 91.1 Å². The summed E-state index contributed by atoms with van der Waals surface area (Å²) in [5, 5.41) is 12.6. The van der Waals surface area contributed by atoms with Crippen LogP contribution in [0.5, 0.6) is 0 Å². The van der Waals surface area contributed by atoms with Crippen LogP contribution < -0.4 is 21.5 Å². The molecular weight excluding hydrogens is 428 g/mol. The molecule has 0 unspecified atom stereocenters. The van der Waals surface area contributed by atoms with Gasteiger partial charge in [0.25, 0.3) is 5.56 Å². The zero-order valence-corrected chi connectivity index (χ0v) is 15.8. The largest absolute Gasteiger partial charge is 0.394 e. The Balaban J connectivity index is 2.00. The number of hydrazine groups is 1. The van der Waals surface area contributed by atoms with E-state index in [1.165, 1.54) is 25.4 Å². The summed E-state index contributed by atoms with van der Waals surface area (Å²) >= 11 is 3.15. The number of anilines is 3. The van der Waals surface area contributed by atoms with E-state index < -0.39 is 17.2 Å². The van der Waals surface area contributed by atoms with Crippen molar-refractivity contribution in [3.63, 3.8) is 0 Å². The third kappa shape index (κ3) is 4.10. The number of nitrogens with zero attached hydrogens (tertiary/aromatic N) is 3. The van der Waals surface area contributed by atoms with Crippen molar-refractivity contribution in [1.82, 2.24) is 9.99 Å². The molecule has 3 N–H and O–H groups in total. The molecule has 0 bridgehead atoms. The highest BCUT2D eigenvalue weighted by atomic mass is 79.9. The van der Waals surface area contributed by atoms with Crippen LogP contribution in [0.25, 0.3) is 0 Å². The van der Waals surface area contributed by atoms with E-state index in [0.29, 0.717) is 4.47 Å². The Morgan fingerprint density at radius 3 is 2.93 bits per heavy atom. The number of rotatable bonds is 5. The van der Waals surface area contributed by atoms with Gasteiger partial charge < -0.3 is 19.8 Å². The minimum atomic E-state index is -1.09. The molecule has 1 aromatic heterocycles. The number of hydrogen-bond donors (Lipinski definition) is 3. The smallest absolute Gasteiger partial charge is 0.288 e. The van der Waals surface area contributed by atoms with Gasteiger partial charge in [0.15, 0.2) is 0 Å². The monoisotopic (exact) mass is 443 g/mol. The molecule has 27 heavy (non-hydrogen) atoms. The van der Waals surface area contributed by atoms with E-state index >= 15 is 0 Å². The first kappa shape index (κ1) is 19.3. The van der Waals surface area contributed by atoms with E-state index in [4.69, 9.17) is 9.94 Å². The fourth-order valence-corrected chi connectivity index (χ4v) is 2.72. The first-order valence-corrected chi connectivity index (χ1v) is 8.67. The summed E-state index contributed by atoms with van der Waals surface area (Å²) in [6.07, 6.45) is 1.34. The quantitative estimate of drug-likeness (QED) is 0.652. The van der Waals surface area contributed by atoms with Crippen LogP contribution in [0.2, 0.25) is 0 Å². The molecule has 0 amide bonds. The number of halogens is 3. The highest BCUT2D eigenvalue weighted by Gasteiger charge is 2.26. The Labute approximate surface area is 161 Å². The standard InChI is InChI=1S/C16H16BrF2N5O3/c1-23-8-12(24-21-7-13(27-24)20-4-5-25)15(14(19)16(23)26)22-11-3-2-9(17)6-10(11)18/h2-3,6,8,21-22,25H,4-5,7H2,1H3. The molecule has 3 rings (SSSR count). The van der Waals surface area contributed by atoms with Crippen LogP contribution in [-0.4, -0.2) is 35.3 Å². The van der Waals surface area contributed by atoms with E-state index in [1.807, 2.05) is 0 Å². The highest BCUT2D eigenvalue weighted by molar-refractivity contribution is 9.10. The number of aliphatic hydroxyl groups excluding tert-OH is 1. The van der Waals surface area contributed by atoms with E-state index in [9.17, 15) is 13.6 Å². The second-order valence-corrected chi connectivity index (χ2v) is 6.50. The van der Waals surface area contributed by atoms with Crippen molar-refractivity contribution in [1.29, 1.82) is 0 Å². The lowest BCUT2D eigenvalue weighted by Gasteiger charge is -2.21. The Hall–Kier alpha value is -2.50. The molecule has 1 aromatic carbocycles. The zero-order valence-electron chi connectivity index (χ0n) is 14.2. The van der Waals surface area contributed by atoms with Crippen molar-refractivity contribution < 1.29 is 18.7 Å². The first-order chi connectivity index (χ1) is 12.9. The van der Waals surface area contributed by atoms with Crippen LogP contribution in [-0.2, 0) is 11.9 Å². The molecule has 2 heterocycles. The van der Waals surface area contributed by atoms with Crippen LogP contribution in [0.3, 0.4) is 0 Å². The summed E-state index contributed by atoms with van der Waals surface area (Å²) in [6, 6.07) is 4.20. The Morgan fingerprint density at radius 2 is 2.22 bits per heavy atom. The molecule has 144 valence electrons. The molecule has 0 saturated carbocycles. The minimum absolute atomic E-state index is 0.0139. The maximum atomic E-state index is 14.7. The number of aliphatic imine (C=N–C) groups is 1. The summed E-state index contributed by atoms with van der Waals surface area (Å²) in [7, 11) is 1.38. The number of nitrogens with one attached hydrogen (secondary N) is 2. The van der Waals surface area contributed by atoms with Crippen molar-refractivity contribution in [3.05, 3.63) is 50.9 Å². The van der Waals surface area contributed by atoms with Gasteiger partial charge >= 0.3 is 0 Å². The minimum Gasteiger partial charge on any atom is -0.394 e. The first-order valence-electron chi connectivity index (χ1n) is 7.87. The van der Waals surface area contributed by atoms with Gasteiger partial charge in [-0.1, -0.05) is 15.9 Å². The fourth-order valence-electron chi connectivity index (χ4n) is 2.38. The van der Waals surface area contributed by atoms with Gasteiger partial charge in [0.2, 0.25) is 11.7 Å². The predicted octanol–water partition coefficient (Wildman–Crippen LogP) is 1.82. The van der Waals surface area contributed by atoms with Crippen LogP contribution in [0.15, 0.2) is 38.7 Å². The normalized spacial score (nSPS) is 15.3. The molecule has 11 heteroatoms. The molecule has 1 saturated heterocycles. The van der Waals surface area contributed by atoms with E-state index in [0.717, 1.165) is 9.74 Å². The van der Waals surface area contributed by atoms with Gasteiger partial charge in [0.05, 0.1) is 25.4 Å². The van der Waals surface area contributed by atoms with Gasteiger partial charge in [0.1, 0.15) is 17.2 Å². The van der Waals surface area contributed by atoms with Crippen molar-refractivity contribution in [2.45, 2.75) is 0 Å². The molecule has 1 fully saturated rings. The number of aryl methyl sites for hydroxylation is 1. The Kier molecular flexibility index (Phi) is 5.73. The van der Waals surface area contributed by atoms with Crippen LogP contribution in [0, 0.1) is 11.6 Å². The number of hydrogen-bond acceptors (Lipinski definition) is 7. The van der Waals surface area contributed by atoms with Crippen LogP contribution in [0.1, 0.15) is 0 Å². The lowest BCUT2D eigenvalue weighted by atomic mass is 10.2. The number of aliphatic hydroxyl groups is 1. The molecular formula is C16H16BrF2N5O3. The van der Waals surface area contributed by atoms with Gasteiger partial charge in [-0.25, -0.2) is 9.38 Å². The lowest BCUT2D eigenvalue weighted by molar-refractivity contribution is 0.269. The lowest BCUT2D eigenvalue weighted by Crippen LogP contribution is -2.33. The summed E-state index contributed by atoms with van der Waals surface area (Å²) in [5.41, 5.74) is 1.80. The third-order valence-electron chi connectivity index (χ3n) is 3.67. The second kappa shape index (κ2) is 8.03. The molecule has 0 aliphatic carbocycles. The van der Waals surface area contributed by atoms with E-state index in [1.54, 1.807) is 6.07 Å². The van der Waals surface area contributed by atoms with Crippen molar-refractivity contribution in [3.8, 4) is 0 Å². The molecule has 0 atom stereocenters. The SMILES string of the molecule is Cn1cc(N2NCC(=NCCO)O2)c(Nc2ccc(Br)cc2F)c(F)c1=O. The van der Waals surface area contributed by atoms with Gasteiger partial charge in [-0.15, -0.1) is 5.17 Å². The summed E-state index contributed by atoms with van der Waals surface area (Å²) in [5.74, 6) is -1.45. The van der Waals surface area contributed by atoms with E-state index in [-0.39, 0.29) is 42.7 Å². The van der Waals surface area contributed by atoms with Gasteiger partial charge in [-0.05, 0) is 18.2 Å². The number of aromatic nitrogens is 1. The summed E-state index contributed by atoms with van der Waals surface area (Å²) in [6.45, 7) is 0.217. The third-order valence-corrected chi connectivity index (χ3v) is 4.16. The van der Waals surface area contributed by atoms with Crippen LogP contribution in [0.4, 0.5) is 25.8 Å². The van der Waals surface area contributed by atoms with Gasteiger partial charge in [-0.3, -0.25) is 4.79 Å². The van der Waals surface area contributed by atoms with Crippen molar-refractivity contribution in [2.75, 3.05) is 30.2 Å².